The van der Waals surface area contributed by atoms with Gasteiger partial charge in [-0.3, -0.25) is 9.18 Å². The van der Waals surface area contributed by atoms with Crippen LogP contribution >= 0.6 is 0 Å². The summed E-state index contributed by atoms with van der Waals surface area (Å²) in [6.07, 6.45) is 3.93. The molecule has 1 aromatic carbocycles. The largest absolute Gasteiger partial charge is 0.436 e. The minimum atomic E-state index is -0.477. The van der Waals surface area contributed by atoms with Gasteiger partial charge in [-0.2, -0.15) is 0 Å². The van der Waals surface area contributed by atoms with E-state index in [4.69, 9.17) is 14.1 Å². The molecule has 35 heavy (non-hydrogen) atoms. The number of ether oxygens (including phenoxy) is 1. The molecule has 1 amide bonds. The molecule has 2 fully saturated rings. The Morgan fingerprint density at radius 3 is 2.80 bits per heavy atom. The van der Waals surface area contributed by atoms with Crippen LogP contribution in [0.15, 0.2) is 41.1 Å². The molecule has 4 aromatic rings. The lowest BCUT2D eigenvalue weighted by molar-refractivity contribution is -0.117. The van der Waals surface area contributed by atoms with Crippen molar-refractivity contribution in [1.82, 2.24) is 15.0 Å². The molecule has 2 atom stereocenters. The monoisotopic (exact) mass is 476 g/mol. The molecule has 3 aromatic heterocycles. The van der Waals surface area contributed by atoms with Crippen molar-refractivity contribution in [2.45, 2.75) is 6.42 Å². The highest BCUT2D eigenvalue weighted by Gasteiger charge is 2.43. The van der Waals surface area contributed by atoms with E-state index in [1.165, 1.54) is 0 Å². The topological polar surface area (TPSA) is 105 Å². The zero-order chi connectivity index (χ0) is 23.9. The number of pyridine rings is 2. The summed E-state index contributed by atoms with van der Waals surface area (Å²) in [5.74, 6) is 0.795. The minimum absolute atomic E-state index is 0.187. The molecule has 2 N–H and O–H groups in total. The summed E-state index contributed by atoms with van der Waals surface area (Å²) in [4.78, 5) is 28.4. The second-order valence-corrected chi connectivity index (χ2v) is 8.90. The molecular formula is C25H25FN6O3. The van der Waals surface area contributed by atoms with Crippen LogP contribution in [-0.2, 0) is 9.53 Å². The van der Waals surface area contributed by atoms with Crippen molar-refractivity contribution in [2.24, 2.45) is 11.8 Å². The van der Waals surface area contributed by atoms with Gasteiger partial charge in [0, 0.05) is 54.9 Å². The fourth-order valence-corrected chi connectivity index (χ4v) is 4.58. The molecule has 1 saturated heterocycles. The molecule has 6 rings (SSSR count). The van der Waals surface area contributed by atoms with Crippen molar-refractivity contribution in [3.8, 4) is 11.5 Å². The van der Waals surface area contributed by atoms with Crippen molar-refractivity contribution in [1.29, 1.82) is 0 Å². The summed E-state index contributed by atoms with van der Waals surface area (Å²) < 4.78 is 24.4. The number of carbonyl (C=O) groups is 1. The second-order valence-electron chi connectivity index (χ2n) is 8.90. The molecule has 0 spiro atoms. The third-order valence-corrected chi connectivity index (χ3v) is 6.70. The van der Waals surface area contributed by atoms with Gasteiger partial charge in [-0.25, -0.2) is 15.0 Å². The number of rotatable bonds is 6. The number of fused-ring (bicyclic) bond motifs is 2. The molecule has 9 nitrogen and oxygen atoms in total. The van der Waals surface area contributed by atoms with Crippen molar-refractivity contribution in [3.05, 3.63) is 36.7 Å². The number of nitrogens with one attached hydrogen (secondary N) is 2. The highest BCUT2D eigenvalue weighted by atomic mass is 19.1. The van der Waals surface area contributed by atoms with Gasteiger partial charge in [0.2, 0.25) is 11.8 Å². The van der Waals surface area contributed by atoms with Crippen LogP contribution in [0, 0.1) is 11.8 Å². The molecule has 1 aliphatic heterocycles. The lowest BCUT2D eigenvalue weighted by atomic mass is 10.1. The Bertz CT molecular complexity index is 1420. The first kappa shape index (κ1) is 21.7. The Morgan fingerprint density at radius 1 is 1.17 bits per heavy atom. The molecule has 4 heterocycles. The van der Waals surface area contributed by atoms with Gasteiger partial charge in [0.05, 0.1) is 25.5 Å². The van der Waals surface area contributed by atoms with Crippen molar-refractivity contribution in [2.75, 3.05) is 55.6 Å². The highest BCUT2D eigenvalue weighted by Crippen LogP contribution is 2.40. The van der Waals surface area contributed by atoms with E-state index in [1.54, 1.807) is 25.5 Å². The smallest absolute Gasteiger partial charge is 0.229 e. The third-order valence-electron chi connectivity index (χ3n) is 6.70. The summed E-state index contributed by atoms with van der Waals surface area (Å²) in [6, 6.07) is 7.77. The average Bonchev–Trinajstić information content (AvgIpc) is 3.58. The van der Waals surface area contributed by atoms with Crippen LogP contribution in [0.1, 0.15) is 6.42 Å². The first-order chi connectivity index (χ1) is 17.1. The number of amides is 1. The Kier molecular flexibility index (Phi) is 5.44. The Morgan fingerprint density at radius 2 is 2.03 bits per heavy atom. The van der Waals surface area contributed by atoms with Crippen LogP contribution in [0.2, 0.25) is 0 Å². The molecule has 2 aliphatic rings. The first-order valence-electron chi connectivity index (χ1n) is 11.7. The number of alkyl halides is 1. The molecule has 1 aliphatic carbocycles. The number of anilines is 3. The Hall–Kier alpha value is -3.79. The Balaban J connectivity index is 1.37. The maximum Gasteiger partial charge on any atom is 0.229 e. The highest BCUT2D eigenvalue weighted by molar-refractivity contribution is 6.03. The number of hydrogen-bond acceptors (Lipinski definition) is 8. The molecule has 10 heteroatoms. The van der Waals surface area contributed by atoms with E-state index >= 15 is 0 Å². The van der Waals surface area contributed by atoms with Gasteiger partial charge in [0.15, 0.2) is 5.58 Å². The van der Waals surface area contributed by atoms with Crippen molar-refractivity contribution >= 4 is 45.1 Å². The van der Waals surface area contributed by atoms with Gasteiger partial charge in [-0.05, 0) is 36.6 Å². The van der Waals surface area contributed by atoms with E-state index in [0.29, 0.717) is 48.3 Å². The standard InChI is InChI=1S/C25H25FN6O3/c1-27-23-18-12-28-22(31-24(33)16-8-14(16)11-26)10-17(18)19(13-29-23)25-30-20-9-15(2-3-21(20)35-25)32-4-6-34-7-5-32/h2-3,9-10,12-14,16H,4-8,11H2,1H3,(H,27,29)(H,28,31,33)/t14-,16-/m0/s1. The SMILES string of the molecule is CNc1ncc(-c2nc3cc(N4CCOCC4)ccc3o2)c2cc(NC(=O)[C@H]3C[C@H]3CF)ncc12. The van der Waals surface area contributed by atoms with Crippen LogP contribution in [0.25, 0.3) is 33.3 Å². The van der Waals surface area contributed by atoms with Crippen LogP contribution in [-0.4, -0.2) is 60.9 Å². The van der Waals surface area contributed by atoms with E-state index < -0.39 is 6.67 Å². The average molecular weight is 477 g/mol. The molecule has 0 radical (unpaired) electrons. The first-order valence-corrected chi connectivity index (χ1v) is 11.7. The third kappa shape index (κ3) is 4.03. The Labute approximate surface area is 200 Å². The number of aromatic nitrogens is 3. The summed E-state index contributed by atoms with van der Waals surface area (Å²) >= 11 is 0. The van der Waals surface area contributed by atoms with E-state index in [-0.39, 0.29) is 17.7 Å². The van der Waals surface area contributed by atoms with Crippen LogP contribution in [0.5, 0.6) is 0 Å². The molecule has 180 valence electrons. The number of nitrogens with zero attached hydrogens (tertiary/aromatic N) is 4. The number of carbonyl (C=O) groups excluding carboxylic acids is 1. The fourth-order valence-electron chi connectivity index (χ4n) is 4.58. The number of hydrogen-bond donors (Lipinski definition) is 2. The molecule has 0 bridgehead atoms. The number of halogens is 1. The summed E-state index contributed by atoms with van der Waals surface area (Å²) in [5.41, 5.74) is 3.20. The predicted molar refractivity (Wildman–Crippen MR) is 131 cm³/mol. The van der Waals surface area contributed by atoms with Gasteiger partial charge in [-0.1, -0.05) is 0 Å². The van der Waals surface area contributed by atoms with Crippen LogP contribution in [0.3, 0.4) is 0 Å². The van der Waals surface area contributed by atoms with E-state index in [2.05, 4.69) is 25.5 Å². The molecular weight excluding hydrogens is 451 g/mol. The number of morpholine rings is 1. The summed E-state index contributed by atoms with van der Waals surface area (Å²) in [7, 11) is 1.79. The zero-order valence-corrected chi connectivity index (χ0v) is 19.3. The number of oxazole rings is 1. The van der Waals surface area contributed by atoms with Gasteiger partial charge in [0.1, 0.15) is 17.2 Å². The normalized spacial score (nSPS) is 19.8. The van der Waals surface area contributed by atoms with Crippen molar-refractivity contribution < 1.29 is 18.3 Å². The summed E-state index contributed by atoms with van der Waals surface area (Å²) in [5, 5.41) is 7.45. The fraction of sp³-hybridized carbons (Fsp3) is 0.360. The van der Waals surface area contributed by atoms with Gasteiger partial charge in [-0.15, -0.1) is 0 Å². The van der Waals surface area contributed by atoms with Gasteiger partial charge < -0.3 is 24.7 Å². The maximum absolute atomic E-state index is 12.8. The predicted octanol–water partition coefficient (Wildman–Crippen LogP) is 3.86. The maximum atomic E-state index is 12.8. The summed E-state index contributed by atoms with van der Waals surface area (Å²) in [6.45, 7) is 2.62. The van der Waals surface area contributed by atoms with Gasteiger partial charge >= 0.3 is 0 Å². The molecule has 1 saturated carbocycles. The number of benzene rings is 1. The lowest BCUT2D eigenvalue weighted by Crippen LogP contribution is -2.36. The zero-order valence-electron chi connectivity index (χ0n) is 19.3. The van der Waals surface area contributed by atoms with E-state index in [0.717, 1.165) is 35.1 Å². The minimum Gasteiger partial charge on any atom is -0.436 e. The molecule has 0 unspecified atom stereocenters. The second kappa shape index (κ2) is 8.77. The lowest BCUT2D eigenvalue weighted by Gasteiger charge is -2.28. The van der Waals surface area contributed by atoms with Gasteiger partial charge in [0.25, 0.3) is 0 Å². The van der Waals surface area contributed by atoms with E-state index in [9.17, 15) is 9.18 Å². The van der Waals surface area contributed by atoms with Crippen LogP contribution in [0.4, 0.5) is 21.7 Å². The van der Waals surface area contributed by atoms with Crippen LogP contribution < -0.4 is 15.5 Å². The van der Waals surface area contributed by atoms with Crippen molar-refractivity contribution in [3.63, 3.8) is 0 Å². The quantitative estimate of drug-likeness (QED) is 0.432. The van der Waals surface area contributed by atoms with E-state index in [1.807, 2.05) is 18.2 Å².